The molecule has 5 atom stereocenters. The SMILES string of the molecule is NC1CCCC(c2nc(C3CC4CCC3O4)no2)C1. The van der Waals surface area contributed by atoms with Crippen LogP contribution in [0.15, 0.2) is 4.52 Å². The van der Waals surface area contributed by atoms with E-state index in [1.54, 1.807) is 0 Å². The minimum atomic E-state index is 0.292. The second-order valence-corrected chi connectivity index (χ2v) is 6.33. The molecule has 2 N–H and O–H groups in total. The van der Waals surface area contributed by atoms with Gasteiger partial charge in [-0.2, -0.15) is 4.98 Å². The Morgan fingerprint density at radius 3 is 2.79 bits per heavy atom. The standard InChI is InChI=1S/C14H21N3O2/c15-9-3-1-2-8(6-9)14-16-13(17-19-14)11-7-10-4-5-12(11)18-10/h8-12H,1-7,15H2. The van der Waals surface area contributed by atoms with Crippen LogP contribution in [-0.2, 0) is 4.74 Å². The van der Waals surface area contributed by atoms with Crippen LogP contribution >= 0.6 is 0 Å². The summed E-state index contributed by atoms with van der Waals surface area (Å²) in [6.07, 6.45) is 8.56. The van der Waals surface area contributed by atoms with Gasteiger partial charge < -0.3 is 15.0 Å². The van der Waals surface area contributed by atoms with E-state index in [4.69, 9.17) is 15.0 Å². The summed E-state index contributed by atoms with van der Waals surface area (Å²) in [6, 6.07) is 0.292. The van der Waals surface area contributed by atoms with Crippen molar-refractivity contribution in [2.45, 2.75) is 75.0 Å². The summed E-state index contributed by atoms with van der Waals surface area (Å²) in [5.74, 6) is 2.38. The van der Waals surface area contributed by atoms with E-state index in [0.29, 0.717) is 30.1 Å². The highest BCUT2D eigenvalue weighted by Crippen LogP contribution is 2.44. The summed E-state index contributed by atoms with van der Waals surface area (Å²) < 4.78 is 11.4. The average molecular weight is 263 g/mol. The molecule has 4 rings (SSSR count). The quantitative estimate of drug-likeness (QED) is 0.884. The first-order valence-corrected chi connectivity index (χ1v) is 7.54. The van der Waals surface area contributed by atoms with Gasteiger partial charge in [0.05, 0.1) is 18.1 Å². The molecule has 104 valence electrons. The van der Waals surface area contributed by atoms with Gasteiger partial charge in [0.25, 0.3) is 0 Å². The summed E-state index contributed by atoms with van der Waals surface area (Å²) in [6.45, 7) is 0. The maximum atomic E-state index is 6.03. The number of aromatic nitrogens is 2. The summed E-state index contributed by atoms with van der Waals surface area (Å²) in [5.41, 5.74) is 6.03. The highest BCUT2D eigenvalue weighted by Gasteiger charge is 2.44. The van der Waals surface area contributed by atoms with Crippen LogP contribution in [0.4, 0.5) is 0 Å². The van der Waals surface area contributed by atoms with Crippen molar-refractivity contribution >= 4 is 0 Å². The van der Waals surface area contributed by atoms with Crippen molar-refractivity contribution in [2.75, 3.05) is 0 Å². The Hall–Kier alpha value is -0.940. The molecular weight excluding hydrogens is 242 g/mol. The van der Waals surface area contributed by atoms with Crippen molar-refractivity contribution in [3.05, 3.63) is 11.7 Å². The first-order chi connectivity index (χ1) is 9.29. The third-order valence-corrected chi connectivity index (χ3v) is 4.96. The van der Waals surface area contributed by atoms with Crippen LogP contribution in [-0.4, -0.2) is 28.4 Å². The molecule has 2 aliphatic heterocycles. The molecule has 0 spiro atoms. The van der Waals surface area contributed by atoms with Crippen molar-refractivity contribution in [1.29, 1.82) is 0 Å². The summed E-state index contributed by atoms with van der Waals surface area (Å²) >= 11 is 0. The highest BCUT2D eigenvalue weighted by atomic mass is 16.5. The molecule has 2 saturated heterocycles. The summed E-state index contributed by atoms with van der Waals surface area (Å²) in [5, 5.41) is 4.21. The molecule has 3 aliphatic rings. The molecule has 3 fully saturated rings. The fourth-order valence-electron chi connectivity index (χ4n) is 3.93. The van der Waals surface area contributed by atoms with Gasteiger partial charge in [0, 0.05) is 12.0 Å². The summed E-state index contributed by atoms with van der Waals surface area (Å²) in [7, 11) is 0. The molecular formula is C14H21N3O2. The van der Waals surface area contributed by atoms with Gasteiger partial charge in [-0.3, -0.25) is 0 Å². The Morgan fingerprint density at radius 2 is 2.05 bits per heavy atom. The highest BCUT2D eigenvalue weighted by molar-refractivity contribution is 5.08. The number of ether oxygens (including phenoxy) is 1. The first kappa shape index (κ1) is 11.9. The van der Waals surface area contributed by atoms with Crippen molar-refractivity contribution in [3.63, 3.8) is 0 Å². The molecule has 0 radical (unpaired) electrons. The van der Waals surface area contributed by atoms with Crippen molar-refractivity contribution in [3.8, 4) is 0 Å². The third kappa shape index (κ3) is 2.09. The van der Waals surface area contributed by atoms with Crippen LogP contribution in [0.5, 0.6) is 0 Å². The zero-order valence-electron chi connectivity index (χ0n) is 11.1. The van der Waals surface area contributed by atoms with Crippen LogP contribution in [0.25, 0.3) is 0 Å². The van der Waals surface area contributed by atoms with Gasteiger partial charge >= 0.3 is 0 Å². The van der Waals surface area contributed by atoms with E-state index >= 15 is 0 Å². The molecule has 1 aromatic rings. The van der Waals surface area contributed by atoms with Crippen LogP contribution < -0.4 is 5.73 Å². The van der Waals surface area contributed by atoms with E-state index in [9.17, 15) is 0 Å². The molecule has 19 heavy (non-hydrogen) atoms. The van der Waals surface area contributed by atoms with Crippen LogP contribution in [0.1, 0.15) is 68.5 Å². The Bertz CT molecular complexity index is 461. The molecule has 0 aromatic carbocycles. The molecule has 1 saturated carbocycles. The van der Waals surface area contributed by atoms with E-state index in [1.165, 1.54) is 12.8 Å². The molecule has 1 aliphatic carbocycles. The molecule has 5 heteroatoms. The van der Waals surface area contributed by atoms with Gasteiger partial charge in [0.1, 0.15) is 0 Å². The third-order valence-electron chi connectivity index (χ3n) is 4.96. The van der Waals surface area contributed by atoms with E-state index in [1.807, 2.05) is 0 Å². The topological polar surface area (TPSA) is 74.2 Å². The Morgan fingerprint density at radius 1 is 1.11 bits per heavy atom. The van der Waals surface area contributed by atoms with E-state index < -0.39 is 0 Å². The van der Waals surface area contributed by atoms with Gasteiger partial charge in [0.2, 0.25) is 5.89 Å². The summed E-state index contributed by atoms with van der Waals surface area (Å²) in [4.78, 5) is 4.66. The molecule has 3 heterocycles. The average Bonchev–Trinajstić information content (AvgIpc) is 3.14. The monoisotopic (exact) mass is 263 g/mol. The number of rotatable bonds is 2. The molecule has 1 aromatic heterocycles. The van der Waals surface area contributed by atoms with E-state index in [2.05, 4.69) is 10.1 Å². The maximum Gasteiger partial charge on any atom is 0.229 e. The predicted molar refractivity (Wildman–Crippen MR) is 68.7 cm³/mol. The Labute approximate surface area is 112 Å². The minimum Gasteiger partial charge on any atom is -0.374 e. The van der Waals surface area contributed by atoms with Crippen molar-refractivity contribution in [2.24, 2.45) is 5.73 Å². The van der Waals surface area contributed by atoms with Gasteiger partial charge in [0.15, 0.2) is 5.82 Å². The molecule has 2 bridgehead atoms. The smallest absolute Gasteiger partial charge is 0.229 e. The lowest BCUT2D eigenvalue weighted by Gasteiger charge is -2.23. The lowest BCUT2D eigenvalue weighted by molar-refractivity contribution is 0.0996. The first-order valence-electron chi connectivity index (χ1n) is 7.54. The fraction of sp³-hybridized carbons (Fsp3) is 0.857. The van der Waals surface area contributed by atoms with Crippen molar-refractivity contribution in [1.82, 2.24) is 10.1 Å². The van der Waals surface area contributed by atoms with Gasteiger partial charge in [-0.05, 0) is 38.5 Å². The molecule has 5 unspecified atom stereocenters. The Balaban J connectivity index is 1.50. The molecule has 0 amide bonds. The van der Waals surface area contributed by atoms with Gasteiger partial charge in [-0.1, -0.05) is 11.6 Å². The lowest BCUT2D eigenvalue weighted by Crippen LogP contribution is -2.27. The number of nitrogens with zero attached hydrogens (tertiary/aromatic N) is 2. The fourth-order valence-corrected chi connectivity index (χ4v) is 3.93. The number of hydrogen-bond acceptors (Lipinski definition) is 5. The largest absolute Gasteiger partial charge is 0.374 e. The second-order valence-electron chi connectivity index (χ2n) is 6.33. The minimum absolute atomic E-state index is 0.292. The maximum absolute atomic E-state index is 6.03. The van der Waals surface area contributed by atoms with Gasteiger partial charge in [-0.15, -0.1) is 0 Å². The molecule has 5 nitrogen and oxygen atoms in total. The van der Waals surface area contributed by atoms with Crippen LogP contribution in [0, 0.1) is 0 Å². The van der Waals surface area contributed by atoms with Gasteiger partial charge in [-0.25, -0.2) is 0 Å². The number of fused-ring (bicyclic) bond motifs is 2. The number of hydrogen-bond donors (Lipinski definition) is 1. The van der Waals surface area contributed by atoms with Crippen LogP contribution in [0.2, 0.25) is 0 Å². The predicted octanol–water partition coefficient (Wildman–Crippen LogP) is 2.09. The lowest BCUT2D eigenvalue weighted by atomic mass is 9.86. The number of nitrogens with two attached hydrogens (primary N) is 1. The van der Waals surface area contributed by atoms with Crippen molar-refractivity contribution < 1.29 is 9.26 Å². The van der Waals surface area contributed by atoms with Crippen LogP contribution in [0.3, 0.4) is 0 Å². The van der Waals surface area contributed by atoms with E-state index in [0.717, 1.165) is 43.8 Å². The zero-order chi connectivity index (χ0) is 12.8. The second kappa shape index (κ2) is 4.56. The van der Waals surface area contributed by atoms with E-state index in [-0.39, 0.29) is 0 Å². The normalized spacial score (nSPS) is 41.8. The Kier molecular flexibility index (Phi) is 2.84. The zero-order valence-corrected chi connectivity index (χ0v) is 11.1.